The fourth-order valence-electron chi connectivity index (χ4n) is 3.42. The molecule has 1 saturated heterocycles. The molecular weight excluding hydrogens is 497 g/mol. The first-order chi connectivity index (χ1) is 13.6. The SMILES string of the molecule is CCNC(=NCC1(Sc2ccccc2)CC1)NC1CCN(CC(=O)NC)CC1.I. The lowest BCUT2D eigenvalue weighted by molar-refractivity contribution is -0.122. The first-order valence-corrected chi connectivity index (χ1v) is 11.2. The summed E-state index contributed by atoms with van der Waals surface area (Å²) in [5, 5.41) is 9.71. The van der Waals surface area contributed by atoms with E-state index in [0.29, 0.717) is 12.6 Å². The van der Waals surface area contributed by atoms with Crippen molar-refractivity contribution in [1.82, 2.24) is 20.9 Å². The van der Waals surface area contributed by atoms with Gasteiger partial charge in [0.05, 0.1) is 13.1 Å². The van der Waals surface area contributed by atoms with Crippen molar-refractivity contribution in [2.24, 2.45) is 4.99 Å². The van der Waals surface area contributed by atoms with Crippen LogP contribution >= 0.6 is 35.7 Å². The molecule has 0 aromatic heterocycles. The Hall–Kier alpha value is -1.00. The average molecular weight is 532 g/mol. The lowest BCUT2D eigenvalue weighted by atomic mass is 10.1. The Bertz CT molecular complexity index is 660. The van der Waals surface area contributed by atoms with Crippen molar-refractivity contribution in [3.8, 4) is 0 Å². The van der Waals surface area contributed by atoms with Gasteiger partial charge in [0, 0.05) is 42.4 Å². The molecule has 2 fully saturated rings. The summed E-state index contributed by atoms with van der Waals surface area (Å²) in [5.41, 5.74) is 0. The number of likely N-dealkylation sites (tertiary alicyclic amines) is 1. The number of rotatable bonds is 8. The van der Waals surface area contributed by atoms with E-state index in [9.17, 15) is 4.79 Å². The number of carbonyl (C=O) groups is 1. The molecular formula is C21H34IN5OS. The van der Waals surface area contributed by atoms with Crippen LogP contribution in [-0.2, 0) is 4.79 Å². The minimum atomic E-state index is 0. The zero-order chi connectivity index (χ0) is 19.8. The molecule has 0 spiro atoms. The van der Waals surface area contributed by atoms with Gasteiger partial charge < -0.3 is 16.0 Å². The molecule has 0 atom stereocenters. The van der Waals surface area contributed by atoms with Crippen molar-refractivity contribution < 1.29 is 4.79 Å². The van der Waals surface area contributed by atoms with Gasteiger partial charge in [0.2, 0.25) is 5.91 Å². The number of nitrogens with zero attached hydrogens (tertiary/aromatic N) is 2. The van der Waals surface area contributed by atoms with E-state index >= 15 is 0 Å². The highest BCUT2D eigenvalue weighted by Gasteiger charge is 2.43. The van der Waals surface area contributed by atoms with E-state index in [1.165, 1.54) is 17.7 Å². The summed E-state index contributed by atoms with van der Waals surface area (Å²) in [6.07, 6.45) is 4.53. The van der Waals surface area contributed by atoms with Crippen LogP contribution in [0.3, 0.4) is 0 Å². The van der Waals surface area contributed by atoms with E-state index in [4.69, 9.17) is 4.99 Å². The number of halogens is 1. The second-order valence-electron chi connectivity index (χ2n) is 7.66. The number of thioether (sulfide) groups is 1. The van der Waals surface area contributed by atoms with E-state index in [2.05, 4.69) is 58.1 Å². The number of aliphatic imine (C=N–C) groups is 1. The normalized spacial score (nSPS) is 19.2. The number of likely N-dealkylation sites (N-methyl/N-ethyl adjacent to an activating group) is 1. The molecule has 0 bridgehead atoms. The number of benzene rings is 1. The van der Waals surface area contributed by atoms with Crippen molar-refractivity contribution in [2.45, 2.75) is 48.3 Å². The standard InChI is InChI=1S/C21H33N5OS.HI/c1-3-23-20(25-17-9-13-26(14-10-17)15-19(27)22-2)24-16-21(11-12-21)28-18-7-5-4-6-8-18;/h4-8,17H,3,9-16H2,1-2H3,(H,22,27)(H2,23,24,25);1H. The molecule has 1 saturated carbocycles. The summed E-state index contributed by atoms with van der Waals surface area (Å²) in [4.78, 5) is 20.0. The predicted octanol–water partition coefficient (Wildman–Crippen LogP) is 2.69. The molecule has 1 aromatic rings. The van der Waals surface area contributed by atoms with Gasteiger partial charge >= 0.3 is 0 Å². The maximum Gasteiger partial charge on any atom is 0.233 e. The van der Waals surface area contributed by atoms with E-state index < -0.39 is 0 Å². The molecule has 0 unspecified atom stereocenters. The van der Waals surface area contributed by atoms with Crippen LogP contribution in [0.2, 0.25) is 0 Å². The number of nitrogens with one attached hydrogen (secondary N) is 3. The van der Waals surface area contributed by atoms with Crippen molar-refractivity contribution in [1.29, 1.82) is 0 Å². The number of amides is 1. The monoisotopic (exact) mass is 531 g/mol. The second kappa shape index (κ2) is 12.0. The summed E-state index contributed by atoms with van der Waals surface area (Å²) in [7, 11) is 1.69. The molecule has 3 N–H and O–H groups in total. The molecule has 8 heteroatoms. The highest BCUT2D eigenvalue weighted by atomic mass is 127. The smallest absolute Gasteiger partial charge is 0.233 e. The molecule has 162 valence electrons. The third-order valence-corrected chi connectivity index (χ3v) is 6.81. The van der Waals surface area contributed by atoms with Crippen molar-refractivity contribution in [3.63, 3.8) is 0 Å². The van der Waals surface area contributed by atoms with Crippen LogP contribution in [0.4, 0.5) is 0 Å². The molecule has 29 heavy (non-hydrogen) atoms. The Morgan fingerprint density at radius 2 is 1.93 bits per heavy atom. The third kappa shape index (κ3) is 7.97. The average Bonchev–Trinajstić information content (AvgIpc) is 3.48. The van der Waals surface area contributed by atoms with Crippen LogP contribution in [0.25, 0.3) is 0 Å². The van der Waals surface area contributed by atoms with E-state index in [0.717, 1.165) is 45.0 Å². The zero-order valence-electron chi connectivity index (χ0n) is 17.4. The van der Waals surface area contributed by atoms with Gasteiger partial charge in [-0.3, -0.25) is 14.7 Å². The van der Waals surface area contributed by atoms with Crippen LogP contribution in [-0.4, -0.2) is 67.3 Å². The van der Waals surface area contributed by atoms with E-state index in [1.54, 1.807) is 7.05 Å². The van der Waals surface area contributed by atoms with Crippen LogP contribution in [0, 0.1) is 0 Å². The predicted molar refractivity (Wildman–Crippen MR) is 132 cm³/mol. The topological polar surface area (TPSA) is 68.8 Å². The van der Waals surface area contributed by atoms with Gasteiger partial charge in [-0.25, -0.2) is 0 Å². The Kier molecular flexibility index (Phi) is 10.0. The minimum Gasteiger partial charge on any atom is -0.358 e. The van der Waals surface area contributed by atoms with E-state index in [-0.39, 0.29) is 34.6 Å². The molecule has 6 nitrogen and oxygen atoms in total. The number of piperidine rings is 1. The number of hydrogen-bond acceptors (Lipinski definition) is 4. The molecule has 0 radical (unpaired) electrons. The highest BCUT2D eigenvalue weighted by Crippen LogP contribution is 2.51. The lowest BCUT2D eigenvalue weighted by Gasteiger charge is -2.32. The van der Waals surface area contributed by atoms with Gasteiger partial charge in [-0.1, -0.05) is 18.2 Å². The number of carbonyl (C=O) groups excluding carboxylic acids is 1. The first kappa shape index (κ1) is 24.3. The summed E-state index contributed by atoms with van der Waals surface area (Å²) in [5.74, 6) is 1.01. The Balaban J connectivity index is 0.00000300. The fraction of sp³-hybridized carbons (Fsp3) is 0.619. The van der Waals surface area contributed by atoms with Crippen LogP contribution in [0.5, 0.6) is 0 Å². The van der Waals surface area contributed by atoms with Crippen molar-refractivity contribution in [3.05, 3.63) is 30.3 Å². The van der Waals surface area contributed by atoms with Gasteiger partial charge in [-0.2, -0.15) is 0 Å². The summed E-state index contributed by atoms with van der Waals surface area (Å²) < 4.78 is 0.264. The number of hydrogen-bond donors (Lipinski definition) is 3. The van der Waals surface area contributed by atoms with Gasteiger partial charge in [0.1, 0.15) is 0 Å². The summed E-state index contributed by atoms with van der Waals surface area (Å²) in [6, 6.07) is 11.0. The molecule has 1 aliphatic heterocycles. The third-order valence-electron chi connectivity index (χ3n) is 5.33. The Morgan fingerprint density at radius 3 is 2.52 bits per heavy atom. The van der Waals surface area contributed by atoms with Gasteiger partial charge in [0.15, 0.2) is 5.96 Å². The van der Waals surface area contributed by atoms with Crippen molar-refractivity contribution in [2.75, 3.05) is 39.8 Å². The largest absolute Gasteiger partial charge is 0.358 e. The molecule has 1 aromatic carbocycles. The first-order valence-electron chi connectivity index (χ1n) is 10.3. The highest BCUT2D eigenvalue weighted by molar-refractivity contribution is 14.0. The van der Waals surface area contributed by atoms with Crippen LogP contribution in [0.15, 0.2) is 40.2 Å². The summed E-state index contributed by atoms with van der Waals surface area (Å²) in [6.45, 7) is 6.19. The van der Waals surface area contributed by atoms with Gasteiger partial charge in [-0.15, -0.1) is 35.7 Å². The minimum absolute atomic E-state index is 0. The second-order valence-corrected chi connectivity index (χ2v) is 9.20. The lowest BCUT2D eigenvalue weighted by Crippen LogP contribution is -2.50. The maximum atomic E-state index is 11.5. The van der Waals surface area contributed by atoms with E-state index in [1.807, 2.05) is 11.8 Å². The van der Waals surface area contributed by atoms with Crippen molar-refractivity contribution >= 4 is 47.6 Å². The molecule has 1 aliphatic carbocycles. The molecule has 1 heterocycles. The van der Waals surface area contributed by atoms with Crippen LogP contribution < -0.4 is 16.0 Å². The van der Waals surface area contributed by atoms with Gasteiger partial charge in [-0.05, 0) is 44.7 Å². The maximum absolute atomic E-state index is 11.5. The molecule has 1 amide bonds. The Labute approximate surface area is 196 Å². The fourth-order valence-corrected chi connectivity index (χ4v) is 4.65. The number of guanidine groups is 1. The Morgan fingerprint density at radius 1 is 1.24 bits per heavy atom. The quantitative estimate of drug-likeness (QED) is 0.274. The van der Waals surface area contributed by atoms with Crippen LogP contribution in [0.1, 0.15) is 32.6 Å². The van der Waals surface area contributed by atoms with Gasteiger partial charge in [0.25, 0.3) is 0 Å². The molecule has 3 rings (SSSR count). The molecule has 2 aliphatic rings. The summed E-state index contributed by atoms with van der Waals surface area (Å²) >= 11 is 1.96. The zero-order valence-corrected chi connectivity index (χ0v) is 20.6.